The van der Waals surface area contributed by atoms with Crippen molar-refractivity contribution in [1.82, 2.24) is 20.0 Å². The van der Waals surface area contributed by atoms with Crippen molar-refractivity contribution in [3.05, 3.63) is 77.1 Å². The van der Waals surface area contributed by atoms with Crippen molar-refractivity contribution in [3.8, 4) is 5.69 Å². The number of para-hydroxylation sites is 1. The predicted octanol–water partition coefficient (Wildman–Crippen LogP) is 3.58. The molecule has 0 saturated carbocycles. The van der Waals surface area contributed by atoms with Gasteiger partial charge in [-0.25, -0.2) is 13.5 Å². The summed E-state index contributed by atoms with van der Waals surface area (Å²) in [5.74, 6) is -2.04. The maximum absolute atomic E-state index is 13.8. The van der Waals surface area contributed by atoms with Crippen molar-refractivity contribution in [1.29, 1.82) is 0 Å². The van der Waals surface area contributed by atoms with E-state index in [2.05, 4.69) is 51.4 Å². The number of carbonyl (C=O) groups is 1. The number of nitrogens with one attached hydrogen (secondary N) is 1. The number of benzene rings is 2. The molecule has 178 valence electrons. The Bertz CT molecular complexity index is 1170. The summed E-state index contributed by atoms with van der Waals surface area (Å²) in [5, 5.41) is 7.55. The normalized spacial score (nSPS) is 17.0. The van der Waals surface area contributed by atoms with Crippen LogP contribution in [0.25, 0.3) is 5.69 Å². The second-order valence-corrected chi connectivity index (χ2v) is 9.06. The van der Waals surface area contributed by atoms with Gasteiger partial charge in [-0.2, -0.15) is 5.10 Å². The van der Waals surface area contributed by atoms with Gasteiger partial charge >= 0.3 is 0 Å². The van der Waals surface area contributed by atoms with Gasteiger partial charge in [-0.1, -0.05) is 18.2 Å². The fraction of sp³-hybridized carbons (Fsp3) is 0.385. The average Bonchev–Trinajstić information content (AvgIpc) is 3.48. The second-order valence-electron chi connectivity index (χ2n) is 9.06. The van der Waals surface area contributed by atoms with E-state index in [1.54, 1.807) is 4.68 Å². The van der Waals surface area contributed by atoms with Crippen LogP contribution in [0.1, 0.15) is 35.1 Å². The fourth-order valence-electron chi connectivity index (χ4n) is 4.96. The highest BCUT2D eigenvalue weighted by atomic mass is 19.2. The van der Waals surface area contributed by atoms with E-state index >= 15 is 0 Å². The Balaban J connectivity index is 1.22. The van der Waals surface area contributed by atoms with Crippen LogP contribution in [0.5, 0.6) is 0 Å². The van der Waals surface area contributed by atoms with E-state index in [1.807, 2.05) is 6.07 Å². The zero-order valence-electron chi connectivity index (χ0n) is 19.3. The quantitative estimate of drug-likeness (QED) is 0.605. The highest BCUT2D eigenvalue weighted by Gasteiger charge is 2.28. The molecule has 1 aliphatic heterocycles. The highest BCUT2D eigenvalue weighted by molar-refractivity contribution is 5.94. The molecule has 3 aromatic rings. The molecule has 1 aromatic heterocycles. The predicted molar refractivity (Wildman–Crippen MR) is 128 cm³/mol. The monoisotopic (exact) mass is 465 g/mol. The molecule has 1 N–H and O–H groups in total. The molecule has 6 nitrogen and oxygen atoms in total. The number of rotatable bonds is 6. The van der Waals surface area contributed by atoms with Crippen molar-refractivity contribution < 1.29 is 13.6 Å². The third-order valence-electron chi connectivity index (χ3n) is 6.91. The minimum absolute atomic E-state index is 0.197. The molecule has 0 radical (unpaired) electrons. The molecular weight excluding hydrogens is 436 g/mol. The van der Waals surface area contributed by atoms with Crippen molar-refractivity contribution in [3.63, 3.8) is 0 Å². The van der Waals surface area contributed by atoms with E-state index in [0.717, 1.165) is 68.8 Å². The molecule has 1 fully saturated rings. The molecular formula is C26H29F2N5O. The van der Waals surface area contributed by atoms with Gasteiger partial charge in [0.05, 0.1) is 5.69 Å². The summed E-state index contributed by atoms with van der Waals surface area (Å²) < 4.78 is 28.8. The third kappa shape index (κ3) is 4.42. The Hall–Kier alpha value is -3.26. The molecule has 0 bridgehead atoms. The molecule has 1 amide bonds. The van der Waals surface area contributed by atoms with Crippen LogP contribution in [0.2, 0.25) is 0 Å². The summed E-state index contributed by atoms with van der Waals surface area (Å²) in [6, 6.07) is 14.3. The van der Waals surface area contributed by atoms with Gasteiger partial charge in [-0.3, -0.25) is 9.69 Å². The van der Waals surface area contributed by atoms with Crippen molar-refractivity contribution in [2.24, 2.45) is 0 Å². The molecule has 8 heteroatoms. The molecule has 2 aromatic carbocycles. The Morgan fingerprint density at radius 2 is 1.76 bits per heavy atom. The number of fused-ring (bicyclic) bond motifs is 1. The first kappa shape index (κ1) is 22.5. The van der Waals surface area contributed by atoms with E-state index in [4.69, 9.17) is 0 Å². The zero-order valence-corrected chi connectivity index (χ0v) is 19.3. The topological polar surface area (TPSA) is 53.4 Å². The van der Waals surface area contributed by atoms with Crippen LogP contribution in [-0.4, -0.2) is 59.4 Å². The lowest BCUT2D eigenvalue weighted by atomic mass is 10.1. The smallest absolute Gasteiger partial charge is 0.272 e. The minimum atomic E-state index is -0.924. The van der Waals surface area contributed by atoms with Crippen LogP contribution in [0, 0.1) is 11.6 Å². The van der Waals surface area contributed by atoms with Gasteiger partial charge in [-0.15, -0.1) is 0 Å². The Labute approximate surface area is 198 Å². The van der Waals surface area contributed by atoms with E-state index in [-0.39, 0.29) is 11.9 Å². The van der Waals surface area contributed by atoms with Crippen LogP contribution in [-0.2, 0) is 12.8 Å². The van der Waals surface area contributed by atoms with Gasteiger partial charge < -0.3 is 10.2 Å². The number of aromatic nitrogens is 2. The number of carbonyl (C=O) groups excluding carboxylic acids is 1. The molecule has 1 saturated heterocycles. The maximum atomic E-state index is 13.8. The number of nitrogens with zero attached hydrogens (tertiary/aromatic N) is 4. The van der Waals surface area contributed by atoms with E-state index in [1.165, 1.54) is 11.8 Å². The fourth-order valence-corrected chi connectivity index (χ4v) is 4.96. The van der Waals surface area contributed by atoms with Crippen LogP contribution >= 0.6 is 0 Å². The van der Waals surface area contributed by atoms with Crippen molar-refractivity contribution >= 4 is 11.6 Å². The summed E-state index contributed by atoms with van der Waals surface area (Å²) in [7, 11) is 0. The third-order valence-corrected chi connectivity index (χ3v) is 6.91. The lowest BCUT2D eigenvalue weighted by Crippen LogP contribution is -2.52. The first-order valence-corrected chi connectivity index (χ1v) is 11.9. The van der Waals surface area contributed by atoms with Crippen molar-refractivity contribution in [2.45, 2.75) is 32.2 Å². The summed E-state index contributed by atoms with van der Waals surface area (Å²) in [6.45, 7) is 6.43. The maximum Gasteiger partial charge on any atom is 0.272 e. The lowest BCUT2D eigenvalue weighted by molar-refractivity contribution is 0.0928. The number of piperazine rings is 1. The summed E-state index contributed by atoms with van der Waals surface area (Å²) in [4.78, 5) is 17.8. The molecule has 34 heavy (non-hydrogen) atoms. The van der Waals surface area contributed by atoms with Gasteiger partial charge in [0.25, 0.3) is 5.91 Å². The molecule has 2 aliphatic rings. The summed E-state index contributed by atoms with van der Waals surface area (Å²) in [6.07, 6.45) is 2.44. The van der Waals surface area contributed by atoms with Gasteiger partial charge in [0, 0.05) is 61.8 Å². The highest BCUT2D eigenvalue weighted by Crippen LogP contribution is 2.28. The SMILES string of the molecule is CC(CNC(=O)c1nn(-c2ccc(F)c(F)c2)c2c1CCC2)N1CCN(c2ccccc2)CC1. The largest absolute Gasteiger partial charge is 0.369 e. The molecule has 0 spiro atoms. The molecule has 1 atom stereocenters. The van der Waals surface area contributed by atoms with Crippen LogP contribution < -0.4 is 10.2 Å². The van der Waals surface area contributed by atoms with Crippen LogP contribution in [0.4, 0.5) is 14.5 Å². The molecule has 5 rings (SSSR count). The van der Waals surface area contributed by atoms with E-state index in [0.29, 0.717) is 17.9 Å². The number of halogens is 2. The van der Waals surface area contributed by atoms with Crippen LogP contribution in [0.3, 0.4) is 0 Å². The average molecular weight is 466 g/mol. The molecule has 1 unspecified atom stereocenters. The van der Waals surface area contributed by atoms with Crippen molar-refractivity contribution in [2.75, 3.05) is 37.6 Å². The Morgan fingerprint density at radius 3 is 2.50 bits per heavy atom. The second kappa shape index (κ2) is 9.54. The van der Waals surface area contributed by atoms with E-state index in [9.17, 15) is 13.6 Å². The molecule has 1 aliphatic carbocycles. The summed E-state index contributed by atoms with van der Waals surface area (Å²) >= 11 is 0. The number of amides is 1. The van der Waals surface area contributed by atoms with Gasteiger partial charge in [0.2, 0.25) is 0 Å². The summed E-state index contributed by atoms with van der Waals surface area (Å²) in [5.41, 5.74) is 3.88. The van der Waals surface area contributed by atoms with E-state index < -0.39 is 11.6 Å². The Morgan fingerprint density at radius 1 is 1.00 bits per heavy atom. The Kier molecular flexibility index (Phi) is 6.32. The number of hydrogen-bond donors (Lipinski definition) is 1. The van der Waals surface area contributed by atoms with Crippen LogP contribution in [0.15, 0.2) is 48.5 Å². The van der Waals surface area contributed by atoms with Gasteiger partial charge in [0.1, 0.15) is 0 Å². The number of anilines is 1. The lowest BCUT2D eigenvalue weighted by Gasteiger charge is -2.39. The zero-order chi connectivity index (χ0) is 23.7. The first-order chi connectivity index (χ1) is 16.5. The minimum Gasteiger partial charge on any atom is -0.369 e. The number of hydrogen-bond acceptors (Lipinski definition) is 4. The molecule has 2 heterocycles. The van der Waals surface area contributed by atoms with Gasteiger partial charge in [-0.05, 0) is 50.5 Å². The first-order valence-electron chi connectivity index (χ1n) is 11.9. The standard InChI is InChI=1S/C26H29F2N5O/c1-18(31-12-14-32(15-13-31)19-6-3-2-4-7-19)17-29-26(34)25-21-8-5-9-24(21)33(30-25)20-10-11-22(27)23(28)16-20/h2-4,6-7,10-11,16,18H,5,8-9,12-15,17H2,1H3,(H,29,34). The van der Waals surface area contributed by atoms with Gasteiger partial charge in [0.15, 0.2) is 17.3 Å².